The lowest BCUT2D eigenvalue weighted by atomic mass is 10.1. The number of halogens is 1. The number of aliphatic hydroxyl groups excluding tert-OH is 1. The van der Waals surface area contributed by atoms with Crippen molar-refractivity contribution in [2.45, 2.75) is 13.3 Å². The van der Waals surface area contributed by atoms with Crippen molar-refractivity contribution in [3.8, 4) is 0 Å². The monoisotopic (exact) mass is 297 g/mol. The van der Waals surface area contributed by atoms with Gasteiger partial charge in [0.15, 0.2) is 5.78 Å². The Labute approximate surface area is 122 Å². The Morgan fingerprint density at radius 2 is 2.11 bits per heavy atom. The van der Waals surface area contributed by atoms with Gasteiger partial charge >= 0.3 is 0 Å². The second-order valence-corrected chi connectivity index (χ2v) is 5.86. The first-order chi connectivity index (χ1) is 9.11. The number of hydrogen-bond acceptors (Lipinski definition) is 4. The first-order valence-corrected chi connectivity index (χ1v) is 7.45. The van der Waals surface area contributed by atoms with Crippen molar-refractivity contribution in [2.24, 2.45) is 0 Å². The zero-order valence-corrected chi connectivity index (χ0v) is 12.3. The van der Waals surface area contributed by atoms with Crippen molar-refractivity contribution in [3.05, 3.63) is 45.5 Å². The van der Waals surface area contributed by atoms with E-state index in [1.54, 1.807) is 36.0 Å². The lowest BCUT2D eigenvalue weighted by Crippen LogP contribution is -2.25. The molecular formula is C14H16ClNO2S. The summed E-state index contributed by atoms with van der Waals surface area (Å²) in [6.45, 7) is 2.52. The molecule has 0 amide bonds. The van der Waals surface area contributed by atoms with Crippen LogP contribution in [0.1, 0.15) is 23.7 Å². The van der Waals surface area contributed by atoms with Crippen LogP contribution in [0.5, 0.6) is 0 Å². The van der Waals surface area contributed by atoms with Gasteiger partial charge in [0.1, 0.15) is 0 Å². The van der Waals surface area contributed by atoms with E-state index in [2.05, 4.69) is 0 Å². The molecule has 1 aromatic rings. The summed E-state index contributed by atoms with van der Waals surface area (Å²) in [7, 11) is 0. The normalized spacial score (nSPS) is 15.2. The molecule has 102 valence electrons. The van der Waals surface area contributed by atoms with Gasteiger partial charge in [-0.3, -0.25) is 4.79 Å². The molecule has 0 fully saturated rings. The van der Waals surface area contributed by atoms with Crippen LogP contribution in [0.25, 0.3) is 0 Å². The number of nitrogens with zero attached hydrogens (tertiary/aromatic N) is 1. The topological polar surface area (TPSA) is 40.5 Å². The van der Waals surface area contributed by atoms with Crippen molar-refractivity contribution < 1.29 is 9.90 Å². The molecule has 5 heteroatoms. The van der Waals surface area contributed by atoms with E-state index in [1.165, 1.54) is 4.91 Å². The molecule has 0 radical (unpaired) electrons. The number of hydrogen-bond donors (Lipinski definition) is 1. The molecule has 0 spiro atoms. The maximum absolute atomic E-state index is 12.2. The molecule has 0 aliphatic carbocycles. The minimum absolute atomic E-state index is 0.0851. The Bertz CT molecular complexity index is 499. The van der Waals surface area contributed by atoms with Crippen molar-refractivity contribution in [2.75, 3.05) is 19.0 Å². The molecule has 0 atom stereocenters. The first-order valence-electron chi connectivity index (χ1n) is 6.09. The average Bonchev–Trinajstić information content (AvgIpc) is 2.73. The third-order valence-electron chi connectivity index (χ3n) is 3.11. The number of carbonyl (C=O) groups excluding carboxylic acids is 1. The summed E-state index contributed by atoms with van der Waals surface area (Å²) in [5.41, 5.74) is 1.78. The van der Waals surface area contributed by atoms with Gasteiger partial charge in [-0.1, -0.05) is 11.6 Å². The number of benzene rings is 1. The summed E-state index contributed by atoms with van der Waals surface area (Å²) in [6.07, 6.45) is 0.669. The van der Waals surface area contributed by atoms with Crippen LogP contribution in [0.2, 0.25) is 5.02 Å². The molecule has 0 saturated carbocycles. The molecular weight excluding hydrogens is 282 g/mol. The lowest BCUT2D eigenvalue weighted by molar-refractivity contribution is 0.0958. The summed E-state index contributed by atoms with van der Waals surface area (Å²) < 4.78 is 0. The van der Waals surface area contributed by atoms with Gasteiger partial charge in [0.25, 0.3) is 0 Å². The molecule has 0 saturated heterocycles. The van der Waals surface area contributed by atoms with E-state index in [4.69, 9.17) is 16.7 Å². The summed E-state index contributed by atoms with van der Waals surface area (Å²) in [4.78, 5) is 15.4. The highest BCUT2D eigenvalue weighted by atomic mass is 35.5. The lowest BCUT2D eigenvalue weighted by Gasteiger charge is -2.18. The smallest absolute Gasteiger partial charge is 0.182 e. The molecule has 0 unspecified atom stereocenters. The number of rotatable bonds is 5. The minimum Gasteiger partial charge on any atom is -0.396 e. The molecule has 1 N–H and O–H groups in total. The fraction of sp³-hybridized carbons (Fsp3) is 0.357. The van der Waals surface area contributed by atoms with Gasteiger partial charge in [0.2, 0.25) is 0 Å². The number of ketones is 1. The zero-order valence-electron chi connectivity index (χ0n) is 10.7. The molecule has 1 heterocycles. The van der Waals surface area contributed by atoms with E-state index in [9.17, 15) is 4.79 Å². The number of aliphatic hydroxyl groups is 1. The Morgan fingerprint density at radius 1 is 1.42 bits per heavy atom. The fourth-order valence-electron chi connectivity index (χ4n) is 1.95. The van der Waals surface area contributed by atoms with E-state index >= 15 is 0 Å². The summed E-state index contributed by atoms with van der Waals surface area (Å²) >= 11 is 7.50. The van der Waals surface area contributed by atoms with Crippen LogP contribution in [-0.4, -0.2) is 34.8 Å². The maximum Gasteiger partial charge on any atom is 0.182 e. The highest BCUT2D eigenvalue weighted by Crippen LogP contribution is 2.33. The predicted octanol–water partition coefficient (Wildman–Crippen LogP) is 3.14. The standard InChI is InChI=1S/C14H16ClNO2S/c1-10-14(6-7-17)19-9-16(10)8-13(18)11-2-4-12(15)5-3-11/h2-5,17H,6-9H2,1H3. The van der Waals surface area contributed by atoms with Gasteiger partial charge in [0, 0.05) is 34.2 Å². The van der Waals surface area contributed by atoms with Gasteiger partial charge in [-0.15, -0.1) is 11.8 Å². The number of Topliss-reactive ketones (excluding diaryl/α,β-unsaturated/α-hetero) is 1. The molecule has 19 heavy (non-hydrogen) atoms. The van der Waals surface area contributed by atoms with Gasteiger partial charge < -0.3 is 10.0 Å². The fourth-order valence-corrected chi connectivity index (χ4v) is 3.25. The van der Waals surface area contributed by atoms with E-state index in [1.807, 2.05) is 11.8 Å². The van der Waals surface area contributed by atoms with Crippen LogP contribution in [0.15, 0.2) is 34.9 Å². The summed E-state index contributed by atoms with van der Waals surface area (Å²) in [5, 5.41) is 9.61. The SMILES string of the molecule is CC1=C(CCO)SCN1CC(=O)c1ccc(Cl)cc1. The second kappa shape index (κ2) is 6.46. The number of carbonyl (C=O) groups is 1. The molecule has 2 rings (SSSR count). The van der Waals surface area contributed by atoms with Gasteiger partial charge in [-0.05, 0) is 31.2 Å². The summed E-state index contributed by atoms with van der Waals surface area (Å²) in [5.74, 6) is 0.863. The van der Waals surface area contributed by atoms with Gasteiger partial charge in [-0.25, -0.2) is 0 Å². The largest absolute Gasteiger partial charge is 0.396 e. The third-order valence-corrected chi connectivity index (χ3v) is 4.65. The third kappa shape index (κ3) is 3.53. The first kappa shape index (κ1) is 14.4. The molecule has 0 bridgehead atoms. The Hall–Kier alpha value is -0.970. The Kier molecular flexibility index (Phi) is 4.91. The van der Waals surface area contributed by atoms with E-state index in [0.717, 1.165) is 11.6 Å². The van der Waals surface area contributed by atoms with Gasteiger partial charge in [0.05, 0.1) is 12.4 Å². The van der Waals surface area contributed by atoms with E-state index in [0.29, 0.717) is 23.6 Å². The molecule has 1 aromatic carbocycles. The molecule has 1 aliphatic rings. The predicted molar refractivity (Wildman–Crippen MR) is 79.3 cm³/mol. The highest BCUT2D eigenvalue weighted by Gasteiger charge is 2.21. The van der Waals surface area contributed by atoms with Crippen LogP contribution in [0.3, 0.4) is 0 Å². The van der Waals surface area contributed by atoms with Crippen molar-refractivity contribution in [1.82, 2.24) is 4.90 Å². The highest BCUT2D eigenvalue weighted by molar-refractivity contribution is 8.03. The van der Waals surface area contributed by atoms with E-state index < -0.39 is 0 Å². The van der Waals surface area contributed by atoms with Crippen molar-refractivity contribution in [3.63, 3.8) is 0 Å². The van der Waals surface area contributed by atoms with E-state index in [-0.39, 0.29) is 12.4 Å². The zero-order chi connectivity index (χ0) is 13.8. The van der Waals surface area contributed by atoms with Crippen LogP contribution < -0.4 is 0 Å². The molecule has 1 aliphatic heterocycles. The summed E-state index contributed by atoms with van der Waals surface area (Å²) in [6, 6.07) is 6.96. The molecule has 0 aromatic heterocycles. The quantitative estimate of drug-likeness (QED) is 0.848. The van der Waals surface area contributed by atoms with Gasteiger partial charge in [-0.2, -0.15) is 0 Å². The second-order valence-electron chi connectivity index (χ2n) is 4.38. The minimum atomic E-state index is 0.0851. The van der Waals surface area contributed by atoms with Crippen molar-refractivity contribution >= 4 is 29.1 Å². The number of allylic oxidation sites excluding steroid dienone is 1. The average molecular weight is 298 g/mol. The number of thioether (sulfide) groups is 1. The van der Waals surface area contributed by atoms with Crippen LogP contribution in [-0.2, 0) is 0 Å². The van der Waals surface area contributed by atoms with Crippen LogP contribution >= 0.6 is 23.4 Å². The maximum atomic E-state index is 12.2. The Balaban J connectivity index is 2.02. The Morgan fingerprint density at radius 3 is 2.74 bits per heavy atom. The van der Waals surface area contributed by atoms with Crippen LogP contribution in [0.4, 0.5) is 0 Å². The van der Waals surface area contributed by atoms with Crippen molar-refractivity contribution in [1.29, 1.82) is 0 Å². The van der Waals surface area contributed by atoms with Crippen LogP contribution in [0, 0.1) is 0 Å². The molecule has 3 nitrogen and oxygen atoms in total.